The van der Waals surface area contributed by atoms with Gasteiger partial charge in [0.2, 0.25) is 0 Å². The van der Waals surface area contributed by atoms with E-state index in [1.54, 1.807) is 0 Å². The minimum atomic E-state index is -0.206. The van der Waals surface area contributed by atoms with Gasteiger partial charge in [0.15, 0.2) is 0 Å². The molecule has 1 aliphatic heterocycles. The molecule has 1 aromatic heterocycles. The zero-order chi connectivity index (χ0) is 21.6. The average molecular weight is 416 g/mol. The van der Waals surface area contributed by atoms with Gasteiger partial charge in [0.1, 0.15) is 5.82 Å². The molecule has 5 rings (SSSR count). The van der Waals surface area contributed by atoms with Crippen LogP contribution in [0.4, 0.5) is 16.3 Å². The normalized spacial score (nSPS) is 17.1. The standard InChI is InChI=1S/C25H29N5O/c1-25(2,3)22-15-23(30(29-22)18-10-8-17-12-13-26-21(17)14-18)28-24(31)27-20-11-9-16-6-4-5-7-19(16)20/h4-8,10,14-15,20,26H,9,11-13H2,1-3H3,(H2,27,28,31). The molecule has 0 bridgehead atoms. The monoisotopic (exact) mass is 415 g/mol. The molecule has 0 fully saturated rings. The van der Waals surface area contributed by atoms with Crippen molar-refractivity contribution in [1.82, 2.24) is 15.1 Å². The highest BCUT2D eigenvalue weighted by molar-refractivity contribution is 5.89. The fraction of sp³-hybridized carbons (Fsp3) is 0.360. The topological polar surface area (TPSA) is 71.0 Å². The second kappa shape index (κ2) is 7.45. The number of benzene rings is 2. The fourth-order valence-electron chi connectivity index (χ4n) is 4.46. The first-order chi connectivity index (χ1) is 14.9. The Kier molecular flexibility index (Phi) is 4.73. The summed E-state index contributed by atoms with van der Waals surface area (Å²) in [6.07, 6.45) is 2.96. The molecule has 2 heterocycles. The van der Waals surface area contributed by atoms with Crippen LogP contribution >= 0.6 is 0 Å². The van der Waals surface area contributed by atoms with Gasteiger partial charge in [-0.2, -0.15) is 5.10 Å². The molecule has 3 N–H and O–H groups in total. The number of nitrogens with one attached hydrogen (secondary N) is 3. The average Bonchev–Trinajstić information content (AvgIpc) is 3.45. The lowest BCUT2D eigenvalue weighted by Gasteiger charge is -2.16. The van der Waals surface area contributed by atoms with Gasteiger partial charge in [0, 0.05) is 23.7 Å². The first kappa shape index (κ1) is 19.7. The summed E-state index contributed by atoms with van der Waals surface area (Å²) in [4.78, 5) is 12.9. The highest BCUT2D eigenvalue weighted by Gasteiger charge is 2.25. The summed E-state index contributed by atoms with van der Waals surface area (Å²) in [5.41, 5.74) is 6.73. The smallest absolute Gasteiger partial charge is 0.320 e. The van der Waals surface area contributed by atoms with Gasteiger partial charge in [0.05, 0.1) is 17.4 Å². The van der Waals surface area contributed by atoms with Gasteiger partial charge in [-0.25, -0.2) is 9.48 Å². The Bertz CT molecular complexity index is 1140. The number of anilines is 2. The first-order valence-corrected chi connectivity index (χ1v) is 11.0. The lowest BCUT2D eigenvalue weighted by Crippen LogP contribution is -2.32. The highest BCUT2D eigenvalue weighted by Crippen LogP contribution is 2.32. The summed E-state index contributed by atoms with van der Waals surface area (Å²) < 4.78 is 1.84. The van der Waals surface area contributed by atoms with E-state index in [2.05, 4.69) is 73.1 Å². The maximum Gasteiger partial charge on any atom is 0.320 e. The van der Waals surface area contributed by atoms with Crippen molar-refractivity contribution in [3.63, 3.8) is 0 Å². The molecule has 0 radical (unpaired) electrons. The Balaban J connectivity index is 1.42. The van der Waals surface area contributed by atoms with Crippen LogP contribution in [0.3, 0.4) is 0 Å². The number of carbonyl (C=O) groups is 1. The van der Waals surface area contributed by atoms with Gasteiger partial charge in [0.25, 0.3) is 0 Å². The van der Waals surface area contributed by atoms with Crippen molar-refractivity contribution >= 4 is 17.5 Å². The number of hydrogen-bond donors (Lipinski definition) is 3. The third-order valence-electron chi connectivity index (χ3n) is 6.21. The summed E-state index contributed by atoms with van der Waals surface area (Å²) >= 11 is 0. The predicted molar refractivity (Wildman–Crippen MR) is 124 cm³/mol. The van der Waals surface area contributed by atoms with E-state index in [0.717, 1.165) is 42.9 Å². The number of aromatic nitrogens is 2. The van der Waals surface area contributed by atoms with Crippen LogP contribution < -0.4 is 16.0 Å². The maximum absolute atomic E-state index is 12.9. The molecule has 160 valence electrons. The molecule has 0 saturated carbocycles. The lowest BCUT2D eigenvalue weighted by atomic mass is 9.92. The number of aryl methyl sites for hydroxylation is 1. The number of nitrogens with zero attached hydrogens (tertiary/aromatic N) is 2. The van der Waals surface area contributed by atoms with Crippen LogP contribution in [0.25, 0.3) is 5.69 Å². The Hall–Kier alpha value is -3.28. The van der Waals surface area contributed by atoms with Gasteiger partial charge in [-0.3, -0.25) is 5.32 Å². The number of amides is 2. The van der Waals surface area contributed by atoms with Crippen LogP contribution in [0.5, 0.6) is 0 Å². The second-order valence-corrected chi connectivity index (χ2v) is 9.48. The molecule has 0 saturated heterocycles. The van der Waals surface area contributed by atoms with E-state index in [0.29, 0.717) is 5.82 Å². The molecule has 1 atom stereocenters. The Morgan fingerprint density at radius 1 is 1.10 bits per heavy atom. The molecule has 2 aromatic carbocycles. The largest absolute Gasteiger partial charge is 0.384 e. The van der Waals surface area contributed by atoms with Crippen molar-refractivity contribution < 1.29 is 4.79 Å². The first-order valence-electron chi connectivity index (χ1n) is 11.0. The van der Waals surface area contributed by atoms with Crippen molar-refractivity contribution in [3.8, 4) is 5.69 Å². The van der Waals surface area contributed by atoms with Gasteiger partial charge in [-0.1, -0.05) is 51.1 Å². The molecule has 6 heteroatoms. The molecule has 2 aliphatic rings. The molecule has 3 aromatic rings. The van der Waals surface area contributed by atoms with Gasteiger partial charge in [-0.05, 0) is 48.1 Å². The van der Waals surface area contributed by atoms with E-state index in [4.69, 9.17) is 5.10 Å². The Morgan fingerprint density at radius 3 is 2.77 bits per heavy atom. The van der Waals surface area contributed by atoms with E-state index in [1.807, 2.05) is 16.8 Å². The molecule has 31 heavy (non-hydrogen) atoms. The maximum atomic E-state index is 12.9. The highest BCUT2D eigenvalue weighted by atomic mass is 16.2. The summed E-state index contributed by atoms with van der Waals surface area (Å²) in [6.45, 7) is 7.34. The Morgan fingerprint density at radius 2 is 1.94 bits per heavy atom. The molecule has 1 aliphatic carbocycles. The van der Waals surface area contributed by atoms with Crippen molar-refractivity contribution in [2.45, 2.75) is 51.5 Å². The number of rotatable bonds is 3. The number of carbonyl (C=O) groups excluding carboxylic acids is 1. The third kappa shape index (κ3) is 3.78. The quantitative estimate of drug-likeness (QED) is 0.567. The minimum absolute atomic E-state index is 0.0406. The zero-order valence-corrected chi connectivity index (χ0v) is 18.3. The molecule has 1 unspecified atom stereocenters. The van der Waals surface area contributed by atoms with Crippen LogP contribution in [0.1, 0.15) is 55.6 Å². The predicted octanol–water partition coefficient (Wildman–Crippen LogP) is 4.95. The van der Waals surface area contributed by atoms with Crippen molar-refractivity contribution in [2.75, 3.05) is 17.2 Å². The van der Waals surface area contributed by atoms with Gasteiger partial charge >= 0.3 is 6.03 Å². The minimum Gasteiger partial charge on any atom is -0.384 e. The van der Waals surface area contributed by atoms with Crippen molar-refractivity contribution in [3.05, 3.63) is 70.9 Å². The van der Waals surface area contributed by atoms with Crippen LogP contribution in [0, 0.1) is 0 Å². The van der Waals surface area contributed by atoms with E-state index in [9.17, 15) is 4.79 Å². The van der Waals surface area contributed by atoms with E-state index >= 15 is 0 Å². The molecule has 0 spiro atoms. The van der Waals surface area contributed by atoms with Crippen molar-refractivity contribution in [1.29, 1.82) is 0 Å². The Labute approximate surface area is 183 Å². The van der Waals surface area contributed by atoms with E-state index in [1.165, 1.54) is 16.7 Å². The fourth-order valence-corrected chi connectivity index (χ4v) is 4.46. The summed E-state index contributed by atoms with van der Waals surface area (Å²) in [7, 11) is 0. The van der Waals surface area contributed by atoms with Gasteiger partial charge < -0.3 is 10.6 Å². The number of hydrogen-bond acceptors (Lipinski definition) is 3. The zero-order valence-electron chi connectivity index (χ0n) is 18.3. The number of urea groups is 1. The van der Waals surface area contributed by atoms with Crippen molar-refractivity contribution in [2.24, 2.45) is 0 Å². The molecule has 6 nitrogen and oxygen atoms in total. The molecular weight excluding hydrogens is 386 g/mol. The van der Waals surface area contributed by atoms with Crippen LogP contribution in [0.2, 0.25) is 0 Å². The lowest BCUT2D eigenvalue weighted by molar-refractivity contribution is 0.248. The SMILES string of the molecule is CC(C)(C)c1cc(NC(=O)NC2CCc3ccccc32)n(-c2ccc3c(c2)NCC3)n1. The second-order valence-electron chi connectivity index (χ2n) is 9.48. The summed E-state index contributed by atoms with van der Waals surface area (Å²) in [5.74, 6) is 0.673. The van der Waals surface area contributed by atoms with Crippen LogP contribution in [0.15, 0.2) is 48.5 Å². The number of fused-ring (bicyclic) bond motifs is 2. The van der Waals surface area contributed by atoms with Gasteiger partial charge in [-0.15, -0.1) is 0 Å². The summed E-state index contributed by atoms with van der Waals surface area (Å²) in [6, 6.07) is 16.5. The molecule has 2 amide bonds. The van der Waals surface area contributed by atoms with Crippen LogP contribution in [-0.4, -0.2) is 22.4 Å². The molecular formula is C25H29N5O. The van der Waals surface area contributed by atoms with E-state index < -0.39 is 0 Å². The summed E-state index contributed by atoms with van der Waals surface area (Å²) in [5, 5.41) is 14.5. The van der Waals surface area contributed by atoms with Crippen LogP contribution in [-0.2, 0) is 18.3 Å². The third-order valence-corrected chi connectivity index (χ3v) is 6.21. The van der Waals surface area contributed by atoms with E-state index in [-0.39, 0.29) is 17.5 Å².